The van der Waals surface area contributed by atoms with Gasteiger partial charge in [0.25, 0.3) is 0 Å². The first kappa shape index (κ1) is 24.6. The van der Waals surface area contributed by atoms with Crippen LogP contribution in [0.1, 0.15) is 0 Å². The molecule has 0 atom stereocenters. The Kier molecular flexibility index (Phi) is 6.05. The molecule has 1 heterocycles. The van der Waals surface area contributed by atoms with E-state index in [1.165, 1.54) is 64.3 Å². The normalized spacial score (nSPS) is 11.3. The third kappa shape index (κ3) is 4.34. The predicted octanol–water partition coefficient (Wildman–Crippen LogP) is 12.0. The Bertz CT molecular complexity index is 2190. The minimum absolute atomic E-state index is 1.08. The number of fused-ring (bicyclic) bond motifs is 4. The zero-order chi connectivity index (χ0) is 27.9. The maximum Gasteiger partial charge on any atom is 0.0479 e. The quantitative estimate of drug-likeness (QED) is 0.223. The lowest BCUT2D eigenvalue weighted by molar-refractivity contribution is 1.57. The van der Waals surface area contributed by atoms with E-state index in [-0.39, 0.29) is 0 Å². The largest absolute Gasteiger partial charge is 0.355 e. The van der Waals surface area contributed by atoms with E-state index in [2.05, 4.69) is 163 Å². The van der Waals surface area contributed by atoms with Gasteiger partial charge in [0.2, 0.25) is 0 Å². The van der Waals surface area contributed by atoms with Gasteiger partial charge < -0.3 is 5.32 Å². The topological polar surface area (TPSA) is 12.0 Å². The predicted molar refractivity (Wildman–Crippen MR) is 183 cm³/mol. The Morgan fingerprint density at radius 1 is 0.405 bits per heavy atom. The summed E-state index contributed by atoms with van der Waals surface area (Å²) in [7, 11) is 0. The Hall–Kier alpha value is -5.18. The molecule has 0 aliphatic carbocycles. The Morgan fingerprint density at radius 3 is 1.79 bits per heavy atom. The van der Waals surface area contributed by atoms with Gasteiger partial charge in [-0.05, 0) is 68.4 Å². The summed E-state index contributed by atoms with van der Waals surface area (Å²) in [5.74, 6) is 0. The van der Waals surface area contributed by atoms with Crippen molar-refractivity contribution in [1.29, 1.82) is 0 Å². The molecular formula is C40H27NS. The van der Waals surface area contributed by atoms with Gasteiger partial charge in [0.15, 0.2) is 0 Å². The van der Waals surface area contributed by atoms with Crippen LogP contribution in [-0.2, 0) is 0 Å². The molecule has 1 aromatic heterocycles. The monoisotopic (exact) mass is 553 g/mol. The van der Waals surface area contributed by atoms with Gasteiger partial charge in [-0.3, -0.25) is 0 Å². The zero-order valence-corrected chi connectivity index (χ0v) is 23.7. The molecule has 0 saturated heterocycles. The number of hydrogen-bond acceptors (Lipinski definition) is 2. The van der Waals surface area contributed by atoms with Gasteiger partial charge in [0.05, 0.1) is 0 Å². The molecule has 0 saturated carbocycles. The number of anilines is 2. The summed E-state index contributed by atoms with van der Waals surface area (Å²) >= 11 is 1.89. The second-order valence-corrected chi connectivity index (χ2v) is 11.7. The molecule has 8 rings (SSSR count). The number of thiophene rings is 1. The minimum Gasteiger partial charge on any atom is -0.355 e. The molecule has 198 valence electrons. The second-order valence-electron chi connectivity index (χ2n) is 10.6. The highest BCUT2D eigenvalue weighted by atomic mass is 32.1. The molecule has 0 aliphatic heterocycles. The van der Waals surface area contributed by atoms with Crippen LogP contribution in [0.5, 0.6) is 0 Å². The van der Waals surface area contributed by atoms with Gasteiger partial charge >= 0.3 is 0 Å². The van der Waals surface area contributed by atoms with Crippen molar-refractivity contribution in [3.05, 3.63) is 158 Å². The molecule has 8 aromatic rings. The van der Waals surface area contributed by atoms with Crippen molar-refractivity contribution in [2.45, 2.75) is 0 Å². The average molecular weight is 554 g/mol. The summed E-state index contributed by atoms with van der Waals surface area (Å²) in [4.78, 5) is 0. The molecule has 7 aromatic carbocycles. The highest BCUT2D eigenvalue weighted by Gasteiger charge is 2.17. The van der Waals surface area contributed by atoms with Crippen LogP contribution in [0.2, 0.25) is 0 Å². The fraction of sp³-hybridized carbons (Fsp3) is 0. The summed E-state index contributed by atoms with van der Waals surface area (Å²) < 4.78 is 2.62. The molecule has 42 heavy (non-hydrogen) atoms. The molecule has 0 spiro atoms. The molecule has 0 unspecified atom stereocenters. The minimum atomic E-state index is 1.08. The van der Waals surface area contributed by atoms with Gasteiger partial charge in [0, 0.05) is 31.5 Å². The van der Waals surface area contributed by atoms with Crippen molar-refractivity contribution in [2.75, 3.05) is 5.32 Å². The summed E-state index contributed by atoms with van der Waals surface area (Å²) in [6.07, 6.45) is 0. The van der Waals surface area contributed by atoms with E-state index in [4.69, 9.17) is 0 Å². The number of rotatable bonds is 5. The SMILES string of the molecule is c1ccc(-c2cccc3c2sc2c(-c4ccccc4)ccc(Nc4ccc(-c5ccc6ccccc6c5)cc4)c23)cc1. The zero-order valence-electron chi connectivity index (χ0n) is 22.9. The fourth-order valence-electron chi connectivity index (χ4n) is 5.97. The molecule has 1 nitrogen and oxygen atoms in total. The maximum absolute atomic E-state index is 3.78. The van der Waals surface area contributed by atoms with Gasteiger partial charge in [-0.15, -0.1) is 11.3 Å². The lowest BCUT2D eigenvalue weighted by Gasteiger charge is -2.12. The van der Waals surface area contributed by atoms with Crippen molar-refractivity contribution in [2.24, 2.45) is 0 Å². The van der Waals surface area contributed by atoms with Crippen LogP contribution in [0, 0.1) is 0 Å². The summed E-state index contributed by atoms with van der Waals surface area (Å²) in [5, 5.41) is 8.86. The fourth-order valence-corrected chi connectivity index (χ4v) is 7.36. The lowest BCUT2D eigenvalue weighted by atomic mass is 9.99. The van der Waals surface area contributed by atoms with Crippen LogP contribution in [0.4, 0.5) is 11.4 Å². The Morgan fingerprint density at radius 2 is 1.05 bits per heavy atom. The van der Waals surface area contributed by atoms with Crippen molar-refractivity contribution < 1.29 is 0 Å². The smallest absolute Gasteiger partial charge is 0.0479 e. The van der Waals surface area contributed by atoms with Gasteiger partial charge in [-0.2, -0.15) is 0 Å². The van der Waals surface area contributed by atoms with E-state index in [9.17, 15) is 0 Å². The molecule has 2 heteroatoms. The number of hydrogen-bond donors (Lipinski definition) is 1. The first-order valence-electron chi connectivity index (χ1n) is 14.3. The molecule has 0 amide bonds. The summed E-state index contributed by atoms with van der Waals surface area (Å²) in [6, 6.07) is 56.6. The van der Waals surface area contributed by atoms with E-state index in [1.54, 1.807) is 0 Å². The molecule has 1 N–H and O–H groups in total. The van der Waals surface area contributed by atoms with Crippen molar-refractivity contribution in [1.82, 2.24) is 0 Å². The molecule has 0 radical (unpaired) electrons. The van der Waals surface area contributed by atoms with Gasteiger partial charge in [0.1, 0.15) is 0 Å². The van der Waals surface area contributed by atoms with Crippen LogP contribution in [-0.4, -0.2) is 0 Å². The van der Waals surface area contributed by atoms with E-state index < -0.39 is 0 Å². The van der Waals surface area contributed by atoms with Gasteiger partial charge in [-0.25, -0.2) is 0 Å². The van der Waals surface area contributed by atoms with Crippen LogP contribution < -0.4 is 5.32 Å². The standard InChI is InChI=1S/C40H27NS/c1-3-11-29(12-4-1)34-16-9-17-36-38-37(25-24-35(40(38)42-39(34)36)30-13-5-2-6-14-30)41-33-22-20-28(21-23-33)32-19-18-27-10-7-8-15-31(27)26-32/h1-26,41H. The van der Waals surface area contributed by atoms with Crippen molar-refractivity contribution >= 4 is 53.7 Å². The first-order chi connectivity index (χ1) is 20.8. The first-order valence-corrected chi connectivity index (χ1v) is 15.1. The Balaban J connectivity index is 1.24. The van der Waals surface area contributed by atoms with Crippen molar-refractivity contribution in [3.63, 3.8) is 0 Å². The van der Waals surface area contributed by atoms with Gasteiger partial charge in [-0.1, -0.05) is 133 Å². The van der Waals surface area contributed by atoms with Crippen molar-refractivity contribution in [3.8, 4) is 33.4 Å². The third-order valence-corrected chi connectivity index (χ3v) is 9.33. The molecule has 0 fully saturated rings. The summed E-state index contributed by atoms with van der Waals surface area (Å²) in [6.45, 7) is 0. The third-order valence-electron chi connectivity index (χ3n) is 8.06. The van der Waals surface area contributed by atoms with E-state index in [1.807, 2.05) is 11.3 Å². The Labute approximate surface area is 249 Å². The summed E-state index contributed by atoms with van der Waals surface area (Å²) in [5.41, 5.74) is 9.67. The van der Waals surface area contributed by atoms with Crippen LogP contribution >= 0.6 is 11.3 Å². The highest BCUT2D eigenvalue weighted by Crippen LogP contribution is 2.47. The second kappa shape index (κ2) is 10.3. The van der Waals surface area contributed by atoms with E-state index in [0.717, 1.165) is 11.4 Å². The number of benzene rings is 7. The molecule has 0 aliphatic rings. The van der Waals surface area contributed by atoms with Crippen LogP contribution in [0.25, 0.3) is 64.3 Å². The average Bonchev–Trinajstić information content (AvgIpc) is 3.46. The maximum atomic E-state index is 3.78. The highest BCUT2D eigenvalue weighted by molar-refractivity contribution is 7.27. The van der Waals surface area contributed by atoms with Crippen LogP contribution in [0.15, 0.2) is 158 Å². The lowest BCUT2D eigenvalue weighted by Crippen LogP contribution is -1.92. The molecule has 0 bridgehead atoms. The van der Waals surface area contributed by atoms with E-state index >= 15 is 0 Å². The number of nitrogens with one attached hydrogen (secondary N) is 1. The van der Waals surface area contributed by atoms with Crippen LogP contribution in [0.3, 0.4) is 0 Å². The molecular weight excluding hydrogens is 527 g/mol. The van der Waals surface area contributed by atoms with E-state index in [0.29, 0.717) is 0 Å².